The van der Waals surface area contributed by atoms with Gasteiger partial charge in [-0.05, 0) is 12.1 Å². The Kier molecular flexibility index (Phi) is 5.75. The van der Waals surface area contributed by atoms with Gasteiger partial charge in [0.25, 0.3) is 5.56 Å². The molecule has 3 N–H and O–H groups in total. The summed E-state index contributed by atoms with van der Waals surface area (Å²) < 4.78 is 17.2. The fourth-order valence-corrected chi connectivity index (χ4v) is 3.06. The molecule has 0 spiro atoms. The maximum atomic E-state index is 12.2. The van der Waals surface area contributed by atoms with Gasteiger partial charge in [-0.1, -0.05) is 18.2 Å². The number of hydrogen-bond acceptors (Lipinski definition) is 8. The van der Waals surface area contributed by atoms with E-state index in [1.54, 1.807) is 30.3 Å². The molecule has 0 aliphatic carbocycles. The molecule has 0 bridgehead atoms. The van der Waals surface area contributed by atoms with Crippen molar-refractivity contribution in [3.05, 3.63) is 69.0 Å². The van der Waals surface area contributed by atoms with E-state index in [9.17, 15) is 24.6 Å². The summed E-state index contributed by atoms with van der Waals surface area (Å²) >= 11 is 0. The summed E-state index contributed by atoms with van der Waals surface area (Å²) in [4.78, 5) is 37.6. The number of nitrogens with zero attached hydrogens (tertiary/aromatic N) is 1. The Labute approximate surface area is 158 Å². The lowest BCUT2D eigenvalue weighted by molar-refractivity contribution is -0.152. The van der Waals surface area contributed by atoms with Gasteiger partial charge in [0.2, 0.25) is 0 Å². The van der Waals surface area contributed by atoms with Gasteiger partial charge in [-0.2, -0.15) is 0 Å². The molecule has 1 aliphatic rings. The van der Waals surface area contributed by atoms with Crippen molar-refractivity contribution in [3.8, 4) is 0 Å². The predicted octanol–water partition coefficient (Wildman–Crippen LogP) is -0.971. The van der Waals surface area contributed by atoms with E-state index in [1.807, 2.05) is 0 Å². The van der Waals surface area contributed by atoms with Crippen LogP contribution in [0.3, 0.4) is 0 Å². The molecule has 4 unspecified atom stereocenters. The number of aliphatic hydroxyl groups excluding tert-OH is 2. The summed E-state index contributed by atoms with van der Waals surface area (Å²) in [5, 5.41) is 20.6. The molecule has 1 aliphatic heterocycles. The van der Waals surface area contributed by atoms with E-state index in [-0.39, 0.29) is 0 Å². The van der Waals surface area contributed by atoms with Gasteiger partial charge in [-0.3, -0.25) is 14.3 Å². The number of carbonyl (C=O) groups excluding carboxylic acids is 1. The standard InChI is InChI=1S/C18H20N2O8/c1-26-13-14(23)18(9-21,10-27-16(24)11-5-3-2-4-6-11)28-15(13)20-8-7-12(22)19-17(20)25/h2-8,13-15,21,23H,9-10H2,1H3,(H,19,22,25). The van der Waals surface area contributed by atoms with Crippen LogP contribution in [-0.4, -0.2) is 63.9 Å². The van der Waals surface area contributed by atoms with Crippen LogP contribution in [0.1, 0.15) is 16.6 Å². The zero-order valence-electron chi connectivity index (χ0n) is 15.0. The van der Waals surface area contributed by atoms with Gasteiger partial charge in [0, 0.05) is 19.4 Å². The first-order valence-electron chi connectivity index (χ1n) is 8.45. The third kappa shape index (κ3) is 3.62. The highest BCUT2D eigenvalue weighted by atomic mass is 16.6. The average molecular weight is 392 g/mol. The Morgan fingerprint density at radius 2 is 2.00 bits per heavy atom. The summed E-state index contributed by atoms with van der Waals surface area (Å²) in [5.74, 6) is -0.664. The van der Waals surface area contributed by atoms with Crippen LogP contribution in [0.5, 0.6) is 0 Å². The van der Waals surface area contributed by atoms with E-state index in [1.165, 1.54) is 13.3 Å². The number of H-pyrrole nitrogens is 1. The van der Waals surface area contributed by atoms with Crippen LogP contribution in [0.25, 0.3) is 0 Å². The third-order valence-corrected chi connectivity index (χ3v) is 4.61. The number of rotatable bonds is 6. The smallest absolute Gasteiger partial charge is 0.338 e. The van der Waals surface area contributed by atoms with E-state index in [0.29, 0.717) is 5.56 Å². The number of aliphatic hydroxyl groups is 2. The minimum Gasteiger partial charge on any atom is -0.459 e. The number of carbonyl (C=O) groups is 1. The van der Waals surface area contributed by atoms with Crippen LogP contribution >= 0.6 is 0 Å². The molecule has 1 aromatic carbocycles. The van der Waals surface area contributed by atoms with Crippen molar-refractivity contribution in [2.45, 2.75) is 24.0 Å². The maximum absolute atomic E-state index is 12.2. The monoisotopic (exact) mass is 392 g/mol. The Morgan fingerprint density at radius 1 is 1.29 bits per heavy atom. The first kappa shape index (κ1) is 20.0. The molecule has 28 heavy (non-hydrogen) atoms. The van der Waals surface area contributed by atoms with Crippen molar-refractivity contribution in [1.82, 2.24) is 9.55 Å². The number of aromatic amines is 1. The second-order valence-electron chi connectivity index (χ2n) is 6.34. The highest BCUT2D eigenvalue weighted by Crippen LogP contribution is 2.38. The predicted molar refractivity (Wildman–Crippen MR) is 94.8 cm³/mol. The fraction of sp³-hybridized carbons (Fsp3) is 0.389. The molecule has 1 fully saturated rings. The highest BCUT2D eigenvalue weighted by Gasteiger charge is 2.56. The van der Waals surface area contributed by atoms with Gasteiger partial charge >= 0.3 is 11.7 Å². The minimum absolute atomic E-state index is 0.291. The van der Waals surface area contributed by atoms with Crippen LogP contribution in [0.2, 0.25) is 0 Å². The van der Waals surface area contributed by atoms with Gasteiger partial charge in [0.15, 0.2) is 11.8 Å². The lowest BCUT2D eigenvalue weighted by Gasteiger charge is -2.29. The summed E-state index contributed by atoms with van der Waals surface area (Å²) in [6.07, 6.45) is -2.46. The van der Waals surface area contributed by atoms with Gasteiger partial charge in [-0.15, -0.1) is 0 Å². The van der Waals surface area contributed by atoms with E-state index in [2.05, 4.69) is 4.98 Å². The largest absolute Gasteiger partial charge is 0.459 e. The van der Waals surface area contributed by atoms with Crippen LogP contribution < -0.4 is 11.2 Å². The molecule has 3 rings (SSSR count). The second kappa shape index (κ2) is 8.07. The van der Waals surface area contributed by atoms with Crippen molar-refractivity contribution >= 4 is 5.97 Å². The first-order valence-corrected chi connectivity index (χ1v) is 8.45. The zero-order chi connectivity index (χ0) is 20.3. The van der Waals surface area contributed by atoms with Crippen molar-refractivity contribution in [2.24, 2.45) is 0 Å². The zero-order valence-corrected chi connectivity index (χ0v) is 15.0. The van der Waals surface area contributed by atoms with Gasteiger partial charge in [0.1, 0.15) is 18.8 Å². The second-order valence-corrected chi connectivity index (χ2v) is 6.34. The summed E-state index contributed by atoms with van der Waals surface area (Å²) in [5.41, 5.74) is -2.80. The number of aromatic nitrogens is 2. The molecule has 0 saturated carbocycles. The number of nitrogens with one attached hydrogen (secondary N) is 1. The quantitative estimate of drug-likeness (QED) is 0.534. The van der Waals surface area contributed by atoms with Crippen molar-refractivity contribution in [3.63, 3.8) is 0 Å². The Balaban J connectivity index is 1.85. The minimum atomic E-state index is -1.72. The van der Waals surface area contributed by atoms with Crippen molar-refractivity contribution in [1.29, 1.82) is 0 Å². The van der Waals surface area contributed by atoms with E-state index >= 15 is 0 Å². The molecule has 0 amide bonds. The van der Waals surface area contributed by atoms with Crippen LogP contribution in [0.15, 0.2) is 52.2 Å². The van der Waals surface area contributed by atoms with E-state index < -0.39 is 54.5 Å². The maximum Gasteiger partial charge on any atom is 0.338 e. The topological polar surface area (TPSA) is 140 Å². The number of esters is 1. The molecule has 2 aromatic rings. The molecular weight excluding hydrogens is 372 g/mol. The molecule has 0 radical (unpaired) electrons. The lowest BCUT2D eigenvalue weighted by atomic mass is 9.97. The summed E-state index contributed by atoms with van der Waals surface area (Å²) in [7, 11) is 1.30. The number of ether oxygens (including phenoxy) is 3. The molecule has 10 nitrogen and oxygen atoms in total. The number of methoxy groups -OCH3 is 1. The van der Waals surface area contributed by atoms with Gasteiger partial charge < -0.3 is 24.4 Å². The van der Waals surface area contributed by atoms with Crippen LogP contribution in [-0.2, 0) is 14.2 Å². The van der Waals surface area contributed by atoms with Crippen molar-refractivity contribution in [2.75, 3.05) is 20.3 Å². The molecular formula is C18H20N2O8. The van der Waals surface area contributed by atoms with E-state index in [0.717, 1.165) is 10.6 Å². The summed E-state index contributed by atoms with van der Waals surface area (Å²) in [6.45, 7) is -1.18. The Hall–Kier alpha value is -2.79. The molecule has 150 valence electrons. The molecule has 10 heteroatoms. The lowest BCUT2D eigenvalue weighted by Crippen LogP contribution is -2.50. The Morgan fingerprint density at radius 3 is 2.61 bits per heavy atom. The normalized spacial score (nSPS) is 26.9. The van der Waals surface area contributed by atoms with E-state index in [4.69, 9.17) is 14.2 Å². The molecule has 2 heterocycles. The Bertz CT molecular complexity index is 940. The van der Waals surface area contributed by atoms with Crippen LogP contribution in [0, 0.1) is 0 Å². The highest BCUT2D eigenvalue weighted by molar-refractivity contribution is 5.89. The number of hydrogen-bond donors (Lipinski definition) is 3. The average Bonchev–Trinajstić information content (AvgIpc) is 2.98. The van der Waals surface area contributed by atoms with Gasteiger partial charge in [-0.25, -0.2) is 9.59 Å². The summed E-state index contributed by atoms with van der Waals surface area (Å²) in [6, 6.07) is 9.29. The van der Waals surface area contributed by atoms with Crippen molar-refractivity contribution < 1.29 is 29.2 Å². The SMILES string of the molecule is COC1C(n2ccc(=O)[nH]c2=O)OC(CO)(COC(=O)c2ccccc2)C1O. The van der Waals surface area contributed by atoms with Gasteiger partial charge in [0.05, 0.1) is 12.2 Å². The molecule has 4 atom stereocenters. The number of benzene rings is 1. The van der Waals surface area contributed by atoms with Crippen LogP contribution in [0.4, 0.5) is 0 Å². The first-order chi connectivity index (χ1) is 13.4. The third-order valence-electron chi connectivity index (χ3n) is 4.61. The molecule has 1 saturated heterocycles. The molecule has 1 aromatic heterocycles. The fourth-order valence-electron chi connectivity index (χ4n) is 3.06.